The summed E-state index contributed by atoms with van der Waals surface area (Å²) in [6.07, 6.45) is 0. The monoisotopic (exact) mass is 317 g/mol. The van der Waals surface area contributed by atoms with Crippen molar-refractivity contribution in [2.45, 2.75) is 13.0 Å². The SMILES string of the molecule is CC(Nc1cc(F)c(Br)cc1F)c1ccsc1. The van der Waals surface area contributed by atoms with Crippen molar-refractivity contribution < 1.29 is 8.78 Å². The maximum absolute atomic E-state index is 13.6. The third-order valence-corrected chi connectivity index (χ3v) is 3.73. The van der Waals surface area contributed by atoms with Crippen LogP contribution in [0.4, 0.5) is 14.5 Å². The van der Waals surface area contributed by atoms with Gasteiger partial charge in [0.25, 0.3) is 0 Å². The van der Waals surface area contributed by atoms with E-state index in [1.54, 1.807) is 11.3 Å². The fraction of sp³-hybridized carbons (Fsp3) is 0.167. The molecule has 0 amide bonds. The number of halogens is 3. The van der Waals surface area contributed by atoms with Crippen LogP contribution in [0.1, 0.15) is 18.5 Å². The minimum atomic E-state index is -0.480. The van der Waals surface area contributed by atoms with E-state index in [1.165, 1.54) is 0 Å². The molecule has 1 aromatic heterocycles. The van der Waals surface area contributed by atoms with E-state index in [2.05, 4.69) is 21.2 Å². The van der Waals surface area contributed by atoms with Gasteiger partial charge in [-0.05, 0) is 51.3 Å². The zero-order chi connectivity index (χ0) is 12.4. The second-order valence-corrected chi connectivity index (χ2v) is 5.30. The summed E-state index contributed by atoms with van der Waals surface area (Å²) in [5.41, 5.74) is 1.22. The highest BCUT2D eigenvalue weighted by molar-refractivity contribution is 9.10. The first-order valence-corrected chi connectivity index (χ1v) is 6.74. The topological polar surface area (TPSA) is 12.0 Å². The van der Waals surface area contributed by atoms with Crippen LogP contribution in [0.2, 0.25) is 0 Å². The predicted octanol–water partition coefficient (Wildman–Crippen LogP) is 4.96. The standard InChI is InChI=1S/C12H10BrF2NS/c1-7(8-2-3-17-6-8)16-12-5-10(14)9(13)4-11(12)15/h2-7,16H,1H3. The molecule has 1 nitrogen and oxygen atoms in total. The molecular weight excluding hydrogens is 308 g/mol. The highest BCUT2D eigenvalue weighted by Gasteiger charge is 2.11. The Morgan fingerprint density at radius 1 is 1.29 bits per heavy atom. The van der Waals surface area contributed by atoms with Crippen LogP contribution in [-0.2, 0) is 0 Å². The van der Waals surface area contributed by atoms with E-state index in [4.69, 9.17) is 0 Å². The Morgan fingerprint density at radius 3 is 2.71 bits per heavy atom. The molecule has 1 aromatic carbocycles. The Labute approximate surface area is 111 Å². The molecule has 17 heavy (non-hydrogen) atoms. The predicted molar refractivity (Wildman–Crippen MR) is 70.4 cm³/mol. The van der Waals surface area contributed by atoms with Crippen molar-refractivity contribution >= 4 is 33.0 Å². The van der Waals surface area contributed by atoms with Crippen LogP contribution in [0.3, 0.4) is 0 Å². The normalized spacial score (nSPS) is 12.5. The van der Waals surface area contributed by atoms with Crippen LogP contribution in [0.25, 0.3) is 0 Å². The first-order valence-electron chi connectivity index (χ1n) is 5.01. The number of thiophene rings is 1. The van der Waals surface area contributed by atoms with Crippen LogP contribution >= 0.6 is 27.3 Å². The summed E-state index contributed by atoms with van der Waals surface area (Å²) in [5, 5.41) is 6.88. The van der Waals surface area contributed by atoms with Crippen molar-refractivity contribution in [3.05, 3.63) is 50.6 Å². The molecule has 2 rings (SSSR count). The highest BCUT2D eigenvalue weighted by Crippen LogP contribution is 2.27. The lowest BCUT2D eigenvalue weighted by atomic mass is 10.1. The van der Waals surface area contributed by atoms with Crippen molar-refractivity contribution in [1.29, 1.82) is 0 Å². The summed E-state index contributed by atoms with van der Waals surface area (Å²) in [7, 11) is 0. The molecular formula is C12H10BrF2NS. The van der Waals surface area contributed by atoms with Gasteiger partial charge < -0.3 is 5.32 Å². The number of benzene rings is 1. The molecule has 1 N–H and O–H groups in total. The third-order valence-electron chi connectivity index (χ3n) is 2.43. The lowest BCUT2D eigenvalue weighted by Gasteiger charge is -2.15. The van der Waals surface area contributed by atoms with Crippen LogP contribution in [0, 0.1) is 11.6 Å². The molecule has 2 aromatic rings. The molecule has 1 heterocycles. The van der Waals surface area contributed by atoms with E-state index in [-0.39, 0.29) is 16.2 Å². The smallest absolute Gasteiger partial charge is 0.147 e. The summed E-state index contributed by atoms with van der Waals surface area (Å²) in [6, 6.07) is 4.17. The summed E-state index contributed by atoms with van der Waals surface area (Å²) in [4.78, 5) is 0. The average Bonchev–Trinajstić information content (AvgIpc) is 2.79. The highest BCUT2D eigenvalue weighted by atomic mass is 79.9. The van der Waals surface area contributed by atoms with Gasteiger partial charge >= 0.3 is 0 Å². The fourth-order valence-corrected chi connectivity index (χ4v) is 2.54. The molecule has 0 radical (unpaired) electrons. The first-order chi connectivity index (χ1) is 8.08. The van der Waals surface area contributed by atoms with Crippen molar-refractivity contribution in [2.24, 2.45) is 0 Å². The van der Waals surface area contributed by atoms with E-state index in [9.17, 15) is 8.78 Å². The molecule has 1 unspecified atom stereocenters. The average molecular weight is 318 g/mol. The molecule has 0 bridgehead atoms. The fourth-order valence-electron chi connectivity index (χ4n) is 1.47. The van der Waals surface area contributed by atoms with Gasteiger partial charge in [-0.1, -0.05) is 0 Å². The maximum atomic E-state index is 13.6. The number of anilines is 1. The minimum Gasteiger partial charge on any atom is -0.376 e. The van der Waals surface area contributed by atoms with Gasteiger partial charge in [-0.2, -0.15) is 11.3 Å². The van der Waals surface area contributed by atoms with Gasteiger partial charge in [0.2, 0.25) is 0 Å². The Hall–Kier alpha value is -0.940. The second-order valence-electron chi connectivity index (χ2n) is 3.67. The van der Waals surface area contributed by atoms with Crippen LogP contribution in [0.15, 0.2) is 33.4 Å². The van der Waals surface area contributed by atoms with Gasteiger partial charge in [-0.25, -0.2) is 8.78 Å². The van der Waals surface area contributed by atoms with Crippen LogP contribution < -0.4 is 5.32 Å². The summed E-state index contributed by atoms with van der Waals surface area (Å²) in [5.74, 6) is -0.952. The minimum absolute atomic E-state index is 0.0590. The second kappa shape index (κ2) is 5.14. The molecule has 5 heteroatoms. The van der Waals surface area contributed by atoms with Gasteiger partial charge in [-0.3, -0.25) is 0 Å². The van der Waals surface area contributed by atoms with Crippen LogP contribution in [-0.4, -0.2) is 0 Å². The lowest BCUT2D eigenvalue weighted by Crippen LogP contribution is -2.07. The number of rotatable bonds is 3. The van der Waals surface area contributed by atoms with E-state index in [1.807, 2.05) is 23.8 Å². The molecule has 0 aliphatic heterocycles. The van der Waals surface area contributed by atoms with E-state index >= 15 is 0 Å². The van der Waals surface area contributed by atoms with Gasteiger partial charge in [0, 0.05) is 12.1 Å². The number of hydrogen-bond donors (Lipinski definition) is 1. The van der Waals surface area contributed by atoms with E-state index in [0.29, 0.717) is 0 Å². The van der Waals surface area contributed by atoms with Crippen molar-refractivity contribution in [3.63, 3.8) is 0 Å². The quantitative estimate of drug-likeness (QED) is 0.789. The Morgan fingerprint density at radius 2 is 2.06 bits per heavy atom. The zero-order valence-electron chi connectivity index (χ0n) is 9.01. The summed E-state index contributed by atoms with van der Waals surface area (Å²) >= 11 is 4.52. The van der Waals surface area contributed by atoms with Crippen molar-refractivity contribution in [1.82, 2.24) is 0 Å². The molecule has 90 valence electrons. The number of hydrogen-bond acceptors (Lipinski definition) is 2. The van der Waals surface area contributed by atoms with Crippen molar-refractivity contribution in [2.75, 3.05) is 5.32 Å². The van der Waals surface area contributed by atoms with Gasteiger partial charge in [0.05, 0.1) is 10.2 Å². The zero-order valence-corrected chi connectivity index (χ0v) is 11.4. The third kappa shape index (κ3) is 2.84. The van der Waals surface area contributed by atoms with Gasteiger partial charge in [-0.15, -0.1) is 0 Å². The van der Waals surface area contributed by atoms with Crippen molar-refractivity contribution in [3.8, 4) is 0 Å². The van der Waals surface area contributed by atoms with Gasteiger partial charge in [0.1, 0.15) is 11.6 Å². The molecule has 0 aliphatic carbocycles. The molecule has 0 saturated heterocycles. The summed E-state index contributed by atoms with van der Waals surface area (Å²) in [6.45, 7) is 1.90. The largest absolute Gasteiger partial charge is 0.376 e. The number of nitrogens with one attached hydrogen (secondary N) is 1. The first kappa shape index (κ1) is 12.5. The molecule has 1 atom stereocenters. The Bertz CT molecular complexity index is 513. The van der Waals surface area contributed by atoms with E-state index in [0.717, 1.165) is 17.7 Å². The Kier molecular flexibility index (Phi) is 3.79. The lowest BCUT2D eigenvalue weighted by molar-refractivity contribution is 0.595. The molecule has 0 aliphatic rings. The van der Waals surface area contributed by atoms with E-state index < -0.39 is 11.6 Å². The Balaban J connectivity index is 2.22. The van der Waals surface area contributed by atoms with Crippen LogP contribution in [0.5, 0.6) is 0 Å². The maximum Gasteiger partial charge on any atom is 0.147 e. The molecule has 0 fully saturated rings. The molecule has 0 spiro atoms. The molecule has 0 saturated carbocycles. The van der Waals surface area contributed by atoms with Gasteiger partial charge in [0.15, 0.2) is 0 Å². The summed E-state index contributed by atoms with van der Waals surface area (Å²) < 4.78 is 27.0.